The molecule has 0 bridgehead atoms. The van der Waals surface area contributed by atoms with Crippen LogP contribution in [0.5, 0.6) is 0 Å². The van der Waals surface area contributed by atoms with Gasteiger partial charge >= 0.3 is 0 Å². The van der Waals surface area contributed by atoms with Crippen molar-refractivity contribution in [1.82, 2.24) is 5.32 Å². The quantitative estimate of drug-likeness (QED) is 0.820. The second kappa shape index (κ2) is 6.10. The van der Waals surface area contributed by atoms with Crippen molar-refractivity contribution in [2.24, 2.45) is 5.92 Å². The number of nitrogens with one attached hydrogen (secondary N) is 1. The molecule has 0 saturated carbocycles. The van der Waals surface area contributed by atoms with Gasteiger partial charge in [0.1, 0.15) is 11.6 Å². The molecule has 3 heteroatoms. The minimum absolute atomic E-state index is 0.111. The average Bonchev–Trinajstić information content (AvgIpc) is 2.27. The fraction of sp³-hybridized carbons (Fsp3) is 0.571. The van der Waals surface area contributed by atoms with Gasteiger partial charge in [0.2, 0.25) is 0 Å². The summed E-state index contributed by atoms with van der Waals surface area (Å²) in [5, 5.41) is 3.34. The van der Waals surface area contributed by atoms with Crippen LogP contribution in [-0.4, -0.2) is 6.04 Å². The van der Waals surface area contributed by atoms with E-state index in [9.17, 15) is 8.78 Å². The van der Waals surface area contributed by atoms with E-state index >= 15 is 0 Å². The second-order valence-electron chi connectivity index (χ2n) is 4.73. The highest BCUT2D eigenvalue weighted by atomic mass is 19.1. The first-order chi connectivity index (χ1) is 7.95. The fourth-order valence-corrected chi connectivity index (χ4v) is 1.85. The van der Waals surface area contributed by atoms with Crippen LogP contribution in [-0.2, 0) is 0 Å². The monoisotopic (exact) mass is 241 g/mol. The van der Waals surface area contributed by atoms with Crippen LogP contribution in [0.4, 0.5) is 8.78 Å². The minimum atomic E-state index is -0.534. The molecule has 1 nitrogen and oxygen atoms in total. The van der Waals surface area contributed by atoms with Gasteiger partial charge in [0.05, 0.1) is 0 Å². The maximum absolute atomic E-state index is 13.6. The highest BCUT2D eigenvalue weighted by Gasteiger charge is 2.16. The third-order valence-corrected chi connectivity index (χ3v) is 3.44. The Morgan fingerprint density at radius 2 is 1.82 bits per heavy atom. The van der Waals surface area contributed by atoms with Crippen molar-refractivity contribution in [3.8, 4) is 0 Å². The summed E-state index contributed by atoms with van der Waals surface area (Å²) in [6.07, 6.45) is 1.08. The molecule has 0 heterocycles. The summed E-state index contributed by atoms with van der Waals surface area (Å²) in [6.45, 7) is 8.28. The Bertz CT molecular complexity index is 365. The summed E-state index contributed by atoms with van der Waals surface area (Å²) in [6, 6.07) is 3.93. The summed E-state index contributed by atoms with van der Waals surface area (Å²) in [4.78, 5) is 0. The molecule has 0 aromatic heterocycles. The molecule has 0 fully saturated rings. The highest BCUT2D eigenvalue weighted by Crippen LogP contribution is 2.19. The Hall–Kier alpha value is -0.960. The van der Waals surface area contributed by atoms with E-state index in [1.807, 2.05) is 6.92 Å². The Morgan fingerprint density at radius 1 is 1.18 bits per heavy atom. The Labute approximate surface area is 102 Å². The first-order valence-corrected chi connectivity index (χ1v) is 6.16. The van der Waals surface area contributed by atoms with Crippen LogP contribution in [0.2, 0.25) is 0 Å². The molecule has 1 aromatic carbocycles. The normalized spacial score (nSPS) is 16.6. The first kappa shape index (κ1) is 14.1. The van der Waals surface area contributed by atoms with E-state index in [4.69, 9.17) is 0 Å². The molecule has 3 unspecified atom stereocenters. The molecule has 96 valence electrons. The zero-order chi connectivity index (χ0) is 13.0. The zero-order valence-corrected chi connectivity index (χ0v) is 10.9. The van der Waals surface area contributed by atoms with Gasteiger partial charge in [0.15, 0.2) is 0 Å². The number of benzene rings is 1. The van der Waals surface area contributed by atoms with E-state index in [0.29, 0.717) is 17.5 Å². The molecule has 1 rings (SSSR count). The first-order valence-electron chi connectivity index (χ1n) is 6.16. The molecule has 1 aromatic rings. The molecule has 0 spiro atoms. The lowest BCUT2D eigenvalue weighted by Crippen LogP contribution is -2.34. The molecule has 0 saturated heterocycles. The summed E-state index contributed by atoms with van der Waals surface area (Å²) in [5.74, 6) is -0.490. The van der Waals surface area contributed by atoms with Crippen molar-refractivity contribution in [1.29, 1.82) is 0 Å². The van der Waals surface area contributed by atoms with E-state index in [-0.39, 0.29) is 6.04 Å². The Kier molecular flexibility index (Phi) is 5.06. The van der Waals surface area contributed by atoms with Gasteiger partial charge in [-0.1, -0.05) is 26.3 Å². The van der Waals surface area contributed by atoms with Crippen LogP contribution in [0.15, 0.2) is 18.2 Å². The molecule has 0 aliphatic heterocycles. The maximum atomic E-state index is 13.6. The van der Waals surface area contributed by atoms with E-state index < -0.39 is 11.6 Å². The molecule has 0 aliphatic rings. The topological polar surface area (TPSA) is 12.0 Å². The van der Waals surface area contributed by atoms with Gasteiger partial charge in [-0.3, -0.25) is 0 Å². The van der Waals surface area contributed by atoms with Gasteiger partial charge in [-0.15, -0.1) is 0 Å². The standard InChI is InChI=1S/C14H21F2N/c1-5-9(2)10(3)17-11(4)13-7-6-12(15)8-14(13)16/h6-11,17H,5H2,1-4H3. The van der Waals surface area contributed by atoms with E-state index in [2.05, 4.69) is 26.1 Å². The maximum Gasteiger partial charge on any atom is 0.130 e. The van der Waals surface area contributed by atoms with Gasteiger partial charge in [0, 0.05) is 23.7 Å². The smallest absolute Gasteiger partial charge is 0.130 e. The molecule has 1 N–H and O–H groups in total. The molecular formula is C14H21F2N. The van der Waals surface area contributed by atoms with E-state index in [1.165, 1.54) is 12.1 Å². The largest absolute Gasteiger partial charge is 0.307 e. The van der Waals surface area contributed by atoms with Crippen LogP contribution in [0, 0.1) is 17.6 Å². The lowest BCUT2D eigenvalue weighted by atomic mass is 9.98. The van der Waals surface area contributed by atoms with Gasteiger partial charge in [-0.25, -0.2) is 8.78 Å². The van der Waals surface area contributed by atoms with Crippen molar-refractivity contribution in [2.45, 2.75) is 46.2 Å². The predicted molar refractivity (Wildman–Crippen MR) is 66.8 cm³/mol. The molecule has 0 radical (unpaired) electrons. The Balaban J connectivity index is 2.72. The van der Waals surface area contributed by atoms with Crippen LogP contribution in [0.1, 0.15) is 45.7 Å². The number of rotatable bonds is 5. The van der Waals surface area contributed by atoms with Gasteiger partial charge < -0.3 is 5.32 Å². The van der Waals surface area contributed by atoms with Crippen molar-refractivity contribution in [3.05, 3.63) is 35.4 Å². The average molecular weight is 241 g/mol. The molecular weight excluding hydrogens is 220 g/mol. The summed E-state index contributed by atoms with van der Waals surface area (Å²) >= 11 is 0. The van der Waals surface area contributed by atoms with Crippen LogP contribution < -0.4 is 5.32 Å². The van der Waals surface area contributed by atoms with Crippen molar-refractivity contribution >= 4 is 0 Å². The molecule has 17 heavy (non-hydrogen) atoms. The number of halogens is 2. The zero-order valence-electron chi connectivity index (χ0n) is 10.9. The fourth-order valence-electron chi connectivity index (χ4n) is 1.85. The highest BCUT2D eigenvalue weighted by molar-refractivity contribution is 5.21. The number of hydrogen-bond donors (Lipinski definition) is 1. The number of hydrogen-bond acceptors (Lipinski definition) is 1. The summed E-state index contributed by atoms with van der Waals surface area (Å²) in [5.41, 5.74) is 0.515. The second-order valence-corrected chi connectivity index (χ2v) is 4.73. The van der Waals surface area contributed by atoms with Crippen LogP contribution >= 0.6 is 0 Å². The van der Waals surface area contributed by atoms with Gasteiger partial charge in [0.25, 0.3) is 0 Å². The van der Waals surface area contributed by atoms with E-state index in [0.717, 1.165) is 12.5 Å². The van der Waals surface area contributed by atoms with Crippen LogP contribution in [0.25, 0.3) is 0 Å². The van der Waals surface area contributed by atoms with Crippen molar-refractivity contribution in [2.75, 3.05) is 0 Å². The lowest BCUT2D eigenvalue weighted by Gasteiger charge is -2.25. The third-order valence-electron chi connectivity index (χ3n) is 3.44. The SMILES string of the molecule is CCC(C)C(C)NC(C)c1ccc(F)cc1F. The van der Waals surface area contributed by atoms with Crippen LogP contribution in [0.3, 0.4) is 0 Å². The Morgan fingerprint density at radius 3 is 2.35 bits per heavy atom. The van der Waals surface area contributed by atoms with E-state index in [1.54, 1.807) is 0 Å². The van der Waals surface area contributed by atoms with Crippen molar-refractivity contribution < 1.29 is 8.78 Å². The summed E-state index contributed by atoms with van der Waals surface area (Å²) < 4.78 is 26.4. The predicted octanol–water partition coefficient (Wildman–Crippen LogP) is 4.05. The van der Waals surface area contributed by atoms with Gasteiger partial charge in [-0.2, -0.15) is 0 Å². The molecule has 3 atom stereocenters. The summed E-state index contributed by atoms with van der Waals surface area (Å²) in [7, 11) is 0. The molecule has 0 amide bonds. The lowest BCUT2D eigenvalue weighted by molar-refractivity contribution is 0.355. The third kappa shape index (κ3) is 3.77. The molecule has 0 aliphatic carbocycles. The minimum Gasteiger partial charge on any atom is -0.307 e. The van der Waals surface area contributed by atoms with Gasteiger partial charge in [-0.05, 0) is 25.8 Å². The van der Waals surface area contributed by atoms with Crippen molar-refractivity contribution in [3.63, 3.8) is 0 Å².